The fraction of sp³-hybridized carbons (Fsp3) is 0.125. The minimum atomic E-state index is -1.51. The van der Waals surface area contributed by atoms with E-state index in [0.29, 0.717) is 0 Å². The molecule has 24 heavy (non-hydrogen) atoms. The molecule has 0 saturated carbocycles. The van der Waals surface area contributed by atoms with Gasteiger partial charge in [-0.15, -0.1) is 0 Å². The van der Waals surface area contributed by atoms with E-state index in [1.807, 2.05) is 30.3 Å². The SMILES string of the molecule is O=C(O)CC(C(=O)O)N1C(=O)/C(=C/C=C/c2ccccc2)SC1=S. The maximum Gasteiger partial charge on any atom is 0.327 e. The van der Waals surface area contributed by atoms with Gasteiger partial charge in [0.05, 0.1) is 11.3 Å². The summed E-state index contributed by atoms with van der Waals surface area (Å²) in [5.74, 6) is -3.32. The van der Waals surface area contributed by atoms with Gasteiger partial charge in [-0.05, 0) is 11.6 Å². The molecule has 1 saturated heterocycles. The zero-order chi connectivity index (χ0) is 17.7. The van der Waals surface area contributed by atoms with Gasteiger partial charge >= 0.3 is 11.9 Å². The van der Waals surface area contributed by atoms with Gasteiger partial charge in [-0.1, -0.05) is 66.5 Å². The van der Waals surface area contributed by atoms with E-state index < -0.39 is 30.3 Å². The summed E-state index contributed by atoms with van der Waals surface area (Å²) in [6.45, 7) is 0. The third-order valence-corrected chi connectivity index (χ3v) is 4.47. The van der Waals surface area contributed by atoms with Gasteiger partial charge in [0.1, 0.15) is 10.4 Å². The molecule has 8 heteroatoms. The lowest BCUT2D eigenvalue weighted by Crippen LogP contribution is -2.45. The van der Waals surface area contributed by atoms with Gasteiger partial charge in [0.2, 0.25) is 0 Å². The van der Waals surface area contributed by atoms with E-state index in [0.717, 1.165) is 22.2 Å². The van der Waals surface area contributed by atoms with E-state index in [9.17, 15) is 14.4 Å². The molecule has 1 aromatic carbocycles. The van der Waals surface area contributed by atoms with Crippen LogP contribution in [0.1, 0.15) is 12.0 Å². The standard InChI is InChI=1S/C16H13NO5S2/c18-13(19)9-11(15(21)22)17-14(20)12(24-16(17)23)8-4-7-10-5-2-1-3-6-10/h1-8,11H,9H2,(H,18,19)(H,21,22)/b7-4+,12-8-. The Kier molecular flexibility index (Phi) is 5.88. The highest BCUT2D eigenvalue weighted by molar-refractivity contribution is 8.26. The number of rotatable bonds is 6. The smallest absolute Gasteiger partial charge is 0.327 e. The number of benzene rings is 1. The average Bonchev–Trinajstić information content (AvgIpc) is 2.80. The summed E-state index contributed by atoms with van der Waals surface area (Å²) in [6, 6.07) is 7.91. The van der Waals surface area contributed by atoms with Gasteiger partial charge in [-0.2, -0.15) is 0 Å². The highest BCUT2D eigenvalue weighted by atomic mass is 32.2. The van der Waals surface area contributed by atoms with Crippen molar-refractivity contribution >= 4 is 52.2 Å². The predicted molar refractivity (Wildman–Crippen MR) is 94.3 cm³/mol. The number of hydrogen-bond acceptors (Lipinski definition) is 5. The van der Waals surface area contributed by atoms with E-state index in [2.05, 4.69) is 0 Å². The molecule has 1 amide bonds. The number of carbonyl (C=O) groups excluding carboxylic acids is 1. The third-order valence-electron chi connectivity index (χ3n) is 3.12. The van der Waals surface area contributed by atoms with Gasteiger partial charge in [0, 0.05) is 0 Å². The second-order valence-electron chi connectivity index (χ2n) is 4.80. The minimum Gasteiger partial charge on any atom is -0.481 e. The van der Waals surface area contributed by atoms with Crippen LogP contribution in [0.4, 0.5) is 0 Å². The molecule has 1 unspecified atom stereocenters. The average molecular weight is 363 g/mol. The van der Waals surface area contributed by atoms with Crippen LogP contribution in [0, 0.1) is 0 Å². The molecule has 1 atom stereocenters. The molecule has 0 radical (unpaired) electrons. The fourth-order valence-corrected chi connectivity index (χ4v) is 3.34. The Morgan fingerprint density at radius 3 is 2.50 bits per heavy atom. The van der Waals surface area contributed by atoms with Crippen molar-refractivity contribution in [3.63, 3.8) is 0 Å². The van der Waals surface area contributed by atoms with Crippen LogP contribution >= 0.6 is 24.0 Å². The van der Waals surface area contributed by atoms with Crippen LogP contribution in [0.2, 0.25) is 0 Å². The molecule has 124 valence electrons. The highest BCUT2D eigenvalue weighted by Crippen LogP contribution is 2.33. The second-order valence-corrected chi connectivity index (χ2v) is 6.47. The first-order chi connectivity index (χ1) is 11.4. The number of carboxylic acid groups (broad SMARTS) is 2. The summed E-state index contributed by atoms with van der Waals surface area (Å²) in [6.07, 6.45) is 4.27. The van der Waals surface area contributed by atoms with E-state index in [4.69, 9.17) is 22.4 Å². The Hall–Kier alpha value is -2.45. The molecule has 2 rings (SSSR count). The second kappa shape index (κ2) is 7.89. The Morgan fingerprint density at radius 2 is 1.92 bits per heavy atom. The van der Waals surface area contributed by atoms with Crippen molar-refractivity contribution in [2.45, 2.75) is 12.5 Å². The summed E-state index contributed by atoms with van der Waals surface area (Å²) < 4.78 is 0.0352. The lowest BCUT2D eigenvalue weighted by Gasteiger charge is -2.21. The number of carboxylic acids is 2. The summed E-state index contributed by atoms with van der Waals surface area (Å²) in [7, 11) is 0. The molecule has 1 heterocycles. The Balaban J connectivity index is 2.18. The van der Waals surface area contributed by atoms with Crippen molar-refractivity contribution in [3.8, 4) is 0 Å². The van der Waals surface area contributed by atoms with Crippen LogP contribution in [0.25, 0.3) is 6.08 Å². The van der Waals surface area contributed by atoms with E-state index in [1.54, 1.807) is 12.2 Å². The van der Waals surface area contributed by atoms with Crippen molar-refractivity contribution in [3.05, 3.63) is 53.0 Å². The maximum absolute atomic E-state index is 12.3. The van der Waals surface area contributed by atoms with E-state index in [-0.39, 0.29) is 9.23 Å². The van der Waals surface area contributed by atoms with Crippen molar-refractivity contribution in [2.24, 2.45) is 0 Å². The van der Waals surface area contributed by atoms with Gasteiger partial charge in [-0.25, -0.2) is 4.79 Å². The number of carbonyl (C=O) groups is 3. The topological polar surface area (TPSA) is 94.9 Å². The number of amides is 1. The summed E-state index contributed by atoms with van der Waals surface area (Å²) >= 11 is 5.98. The van der Waals surface area contributed by atoms with Crippen molar-refractivity contribution < 1.29 is 24.6 Å². The summed E-state index contributed by atoms with van der Waals surface area (Å²) in [5.41, 5.74) is 0.943. The van der Waals surface area contributed by atoms with Crippen molar-refractivity contribution in [2.75, 3.05) is 0 Å². The quantitative estimate of drug-likeness (QED) is 0.592. The number of nitrogens with zero attached hydrogens (tertiary/aromatic N) is 1. The first-order valence-corrected chi connectivity index (χ1v) is 8.06. The number of hydrogen-bond donors (Lipinski definition) is 2. The third kappa shape index (κ3) is 4.30. The van der Waals surface area contributed by atoms with Gasteiger partial charge in [0.25, 0.3) is 5.91 Å². The first-order valence-electron chi connectivity index (χ1n) is 6.83. The molecule has 0 aromatic heterocycles. The Labute approximate surface area is 147 Å². The molecule has 0 spiro atoms. The summed E-state index contributed by atoms with van der Waals surface area (Å²) in [4.78, 5) is 35.5. The maximum atomic E-state index is 12.3. The van der Waals surface area contributed by atoms with Gasteiger partial charge in [0.15, 0.2) is 0 Å². The predicted octanol–water partition coefficient (Wildman–Crippen LogP) is 2.37. The zero-order valence-corrected chi connectivity index (χ0v) is 13.9. The molecular formula is C16H13NO5S2. The number of thioether (sulfide) groups is 1. The lowest BCUT2D eigenvalue weighted by molar-refractivity contribution is -0.150. The highest BCUT2D eigenvalue weighted by Gasteiger charge is 2.41. The Morgan fingerprint density at radius 1 is 1.25 bits per heavy atom. The minimum absolute atomic E-state index is 0.0352. The molecule has 0 bridgehead atoms. The summed E-state index contributed by atoms with van der Waals surface area (Å²) in [5, 5.41) is 18.0. The molecule has 1 aromatic rings. The first kappa shape index (κ1) is 17.9. The molecule has 1 aliphatic rings. The number of allylic oxidation sites excluding steroid dienone is 2. The van der Waals surface area contributed by atoms with Crippen molar-refractivity contribution in [1.82, 2.24) is 4.90 Å². The monoisotopic (exact) mass is 363 g/mol. The van der Waals surface area contributed by atoms with Gasteiger partial charge < -0.3 is 10.2 Å². The van der Waals surface area contributed by atoms with Crippen LogP contribution < -0.4 is 0 Å². The van der Waals surface area contributed by atoms with E-state index >= 15 is 0 Å². The zero-order valence-electron chi connectivity index (χ0n) is 12.3. The normalized spacial score (nSPS) is 17.7. The Bertz CT molecular complexity index is 742. The van der Waals surface area contributed by atoms with Gasteiger partial charge in [-0.3, -0.25) is 14.5 Å². The van der Waals surface area contributed by atoms with Crippen LogP contribution in [0.5, 0.6) is 0 Å². The molecule has 1 aliphatic heterocycles. The molecular weight excluding hydrogens is 350 g/mol. The van der Waals surface area contributed by atoms with Crippen LogP contribution in [-0.4, -0.2) is 43.3 Å². The molecule has 0 aliphatic carbocycles. The lowest BCUT2D eigenvalue weighted by atomic mass is 10.2. The molecule has 1 fully saturated rings. The molecule has 2 N–H and O–H groups in total. The fourth-order valence-electron chi connectivity index (χ4n) is 2.03. The van der Waals surface area contributed by atoms with Crippen molar-refractivity contribution in [1.29, 1.82) is 0 Å². The van der Waals surface area contributed by atoms with Crippen LogP contribution in [0.3, 0.4) is 0 Å². The van der Waals surface area contributed by atoms with Crippen LogP contribution in [0.15, 0.2) is 47.4 Å². The number of thiocarbonyl (C=S) groups is 1. The van der Waals surface area contributed by atoms with Crippen LogP contribution in [-0.2, 0) is 14.4 Å². The molecule has 6 nitrogen and oxygen atoms in total. The number of aliphatic carboxylic acids is 2. The van der Waals surface area contributed by atoms with E-state index in [1.165, 1.54) is 6.08 Å². The largest absolute Gasteiger partial charge is 0.481 e.